The third-order valence-electron chi connectivity index (χ3n) is 4.68. The predicted molar refractivity (Wildman–Crippen MR) is 98.3 cm³/mol. The van der Waals surface area contributed by atoms with Crippen LogP contribution in [-0.2, 0) is 10.0 Å². The standard InChI is InChI=1S/C19H18F4N2O3S/c20-15-5-9-17(10-6-15)29(27,28)24-16-7-3-13(4-8-16)18(26)25-11-1-2-14(12-25)19(21,22)23/h3-10,14,24H,1-2,11-12H2. The van der Waals surface area contributed by atoms with Crippen LogP contribution in [0.4, 0.5) is 23.2 Å². The first-order valence-electron chi connectivity index (χ1n) is 8.81. The summed E-state index contributed by atoms with van der Waals surface area (Å²) in [4.78, 5) is 13.5. The number of halogens is 4. The van der Waals surface area contributed by atoms with Gasteiger partial charge in [0.2, 0.25) is 0 Å². The zero-order chi connectivity index (χ0) is 21.2. The number of benzene rings is 2. The van der Waals surface area contributed by atoms with Crippen LogP contribution >= 0.6 is 0 Å². The minimum atomic E-state index is -4.35. The number of carbonyl (C=O) groups excluding carboxylic acids is 1. The largest absolute Gasteiger partial charge is 0.393 e. The summed E-state index contributed by atoms with van der Waals surface area (Å²) in [6, 6.07) is 9.65. The molecule has 156 valence electrons. The number of sulfonamides is 1. The first-order chi connectivity index (χ1) is 13.6. The second kappa shape index (κ2) is 8.02. The van der Waals surface area contributed by atoms with E-state index in [1.807, 2.05) is 0 Å². The van der Waals surface area contributed by atoms with Crippen LogP contribution in [0.15, 0.2) is 53.4 Å². The molecule has 1 unspecified atom stereocenters. The number of likely N-dealkylation sites (tertiary alicyclic amines) is 1. The zero-order valence-electron chi connectivity index (χ0n) is 15.1. The molecule has 0 radical (unpaired) electrons. The van der Waals surface area contributed by atoms with Gasteiger partial charge < -0.3 is 4.90 Å². The van der Waals surface area contributed by atoms with E-state index in [4.69, 9.17) is 0 Å². The molecule has 0 spiro atoms. The van der Waals surface area contributed by atoms with Gasteiger partial charge in [-0.05, 0) is 61.4 Å². The smallest absolute Gasteiger partial charge is 0.338 e. The minimum Gasteiger partial charge on any atom is -0.338 e. The molecule has 1 N–H and O–H groups in total. The number of nitrogens with zero attached hydrogens (tertiary/aromatic N) is 1. The van der Waals surface area contributed by atoms with Crippen molar-refractivity contribution in [3.05, 3.63) is 59.9 Å². The van der Waals surface area contributed by atoms with E-state index < -0.39 is 33.8 Å². The van der Waals surface area contributed by atoms with Gasteiger partial charge >= 0.3 is 6.18 Å². The van der Waals surface area contributed by atoms with Gasteiger partial charge in [0.05, 0.1) is 10.8 Å². The maximum Gasteiger partial charge on any atom is 0.393 e. The third-order valence-corrected chi connectivity index (χ3v) is 6.08. The molecule has 0 saturated carbocycles. The highest BCUT2D eigenvalue weighted by Crippen LogP contribution is 2.33. The molecule has 0 aromatic heterocycles. The topological polar surface area (TPSA) is 66.5 Å². The van der Waals surface area contributed by atoms with Gasteiger partial charge in [-0.1, -0.05) is 0 Å². The molecule has 2 aromatic carbocycles. The lowest BCUT2D eigenvalue weighted by Crippen LogP contribution is -2.44. The van der Waals surface area contributed by atoms with Crippen molar-refractivity contribution in [3.63, 3.8) is 0 Å². The Morgan fingerprint density at radius 3 is 2.24 bits per heavy atom. The fraction of sp³-hybridized carbons (Fsp3) is 0.316. The van der Waals surface area contributed by atoms with Gasteiger partial charge in [0.25, 0.3) is 15.9 Å². The Balaban J connectivity index is 1.69. The van der Waals surface area contributed by atoms with Gasteiger partial charge in [0.1, 0.15) is 5.82 Å². The highest BCUT2D eigenvalue weighted by atomic mass is 32.2. The minimum absolute atomic E-state index is 0.00260. The molecule has 29 heavy (non-hydrogen) atoms. The molecular formula is C19H18F4N2O3S. The molecule has 0 aliphatic carbocycles. The van der Waals surface area contributed by atoms with Gasteiger partial charge in [-0.25, -0.2) is 12.8 Å². The van der Waals surface area contributed by atoms with E-state index in [9.17, 15) is 30.8 Å². The first-order valence-corrected chi connectivity index (χ1v) is 10.3. The van der Waals surface area contributed by atoms with Crippen LogP contribution in [-0.4, -0.2) is 38.5 Å². The van der Waals surface area contributed by atoms with E-state index in [2.05, 4.69) is 4.72 Å². The summed E-state index contributed by atoms with van der Waals surface area (Å²) in [5, 5.41) is 0. The SMILES string of the molecule is O=C(c1ccc(NS(=O)(=O)c2ccc(F)cc2)cc1)N1CCCC(C(F)(F)F)C1. The van der Waals surface area contributed by atoms with Crippen molar-refractivity contribution in [1.82, 2.24) is 4.90 Å². The number of carbonyl (C=O) groups is 1. The van der Waals surface area contributed by atoms with E-state index >= 15 is 0 Å². The van der Waals surface area contributed by atoms with Crippen LogP contribution in [0.2, 0.25) is 0 Å². The highest BCUT2D eigenvalue weighted by Gasteiger charge is 2.42. The molecule has 1 aliphatic rings. The number of hydrogen-bond donors (Lipinski definition) is 1. The summed E-state index contributed by atoms with van der Waals surface area (Å²) >= 11 is 0. The van der Waals surface area contributed by atoms with Gasteiger partial charge in [-0.15, -0.1) is 0 Å². The van der Waals surface area contributed by atoms with Crippen LogP contribution in [0.3, 0.4) is 0 Å². The summed E-state index contributed by atoms with van der Waals surface area (Å²) in [5.41, 5.74) is 0.329. The Bertz CT molecular complexity index is 974. The molecule has 1 aliphatic heterocycles. The molecular weight excluding hydrogens is 412 g/mol. The number of anilines is 1. The molecule has 1 saturated heterocycles. The summed E-state index contributed by atoms with van der Waals surface area (Å²) in [6.07, 6.45) is -4.08. The second-order valence-electron chi connectivity index (χ2n) is 6.77. The monoisotopic (exact) mass is 430 g/mol. The normalized spacial score (nSPS) is 17.8. The molecule has 1 heterocycles. The molecule has 1 fully saturated rings. The number of hydrogen-bond acceptors (Lipinski definition) is 3. The third kappa shape index (κ3) is 5.06. The van der Waals surface area contributed by atoms with Crippen molar-refractivity contribution >= 4 is 21.6 Å². The van der Waals surface area contributed by atoms with E-state index in [1.54, 1.807) is 0 Å². The van der Waals surface area contributed by atoms with Gasteiger partial charge in [-0.2, -0.15) is 13.2 Å². The van der Waals surface area contributed by atoms with E-state index in [1.165, 1.54) is 29.2 Å². The van der Waals surface area contributed by atoms with E-state index in [-0.39, 0.29) is 42.1 Å². The zero-order valence-corrected chi connectivity index (χ0v) is 15.9. The number of piperidine rings is 1. The first kappa shape index (κ1) is 21.1. The van der Waals surface area contributed by atoms with Crippen molar-refractivity contribution in [3.8, 4) is 0 Å². The summed E-state index contributed by atoms with van der Waals surface area (Å²) in [5.74, 6) is -2.65. The number of amides is 1. The Hall–Kier alpha value is -2.62. The van der Waals surface area contributed by atoms with Crippen molar-refractivity contribution in [2.75, 3.05) is 17.8 Å². The van der Waals surface area contributed by atoms with Crippen LogP contribution in [0, 0.1) is 11.7 Å². The van der Waals surface area contributed by atoms with Gasteiger partial charge in [-0.3, -0.25) is 9.52 Å². The summed E-state index contributed by atoms with van der Waals surface area (Å²) in [6.45, 7) is -0.147. The summed E-state index contributed by atoms with van der Waals surface area (Å²) in [7, 11) is -3.94. The number of alkyl halides is 3. The van der Waals surface area contributed by atoms with Crippen LogP contribution in [0.1, 0.15) is 23.2 Å². The molecule has 1 amide bonds. The van der Waals surface area contributed by atoms with Gasteiger partial charge in [0, 0.05) is 24.3 Å². The van der Waals surface area contributed by atoms with Crippen LogP contribution in [0.25, 0.3) is 0 Å². The molecule has 3 rings (SSSR count). The fourth-order valence-electron chi connectivity index (χ4n) is 3.12. The molecule has 1 atom stereocenters. The van der Waals surface area contributed by atoms with Crippen molar-refractivity contribution in [2.45, 2.75) is 23.9 Å². The van der Waals surface area contributed by atoms with E-state index in [0.717, 1.165) is 24.3 Å². The van der Waals surface area contributed by atoms with Crippen LogP contribution < -0.4 is 4.72 Å². The molecule has 0 bridgehead atoms. The second-order valence-corrected chi connectivity index (χ2v) is 8.45. The quantitative estimate of drug-likeness (QED) is 0.745. The number of rotatable bonds is 4. The van der Waals surface area contributed by atoms with Gasteiger partial charge in [0.15, 0.2) is 0 Å². The lowest BCUT2D eigenvalue weighted by Gasteiger charge is -2.33. The predicted octanol–water partition coefficient (Wildman–Crippen LogP) is 4.04. The highest BCUT2D eigenvalue weighted by molar-refractivity contribution is 7.92. The molecule has 2 aromatic rings. The average Bonchev–Trinajstić information content (AvgIpc) is 2.67. The Morgan fingerprint density at radius 2 is 1.66 bits per heavy atom. The maximum absolute atomic E-state index is 13.0. The average molecular weight is 430 g/mol. The Labute approximate surface area is 165 Å². The Kier molecular flexibility index (Phi) is 5.83. The van der Waals surface area contributed by atoms with E-state index in [0.29, 0.717) is 0 Å². The Morgan fingerprint density at radius 1 is 1.03 bits per heavy atom. The summed E-state index contributed by atoms with van der Waals surface area (Å²) < 4.78 is 78.6. The number of nitrogens with one attached hydrogen (secondary N) is 1. The fourth-order valence-corrected chi connectivity index (χ4v) is 4.18. The lowest BCUT2D eigenvalue weighted by molar-refractivity contribution is -0.184. The maximum atomic E-state index is 13.0. The van der Waals surface area contributed by atoms with Crippen LogP contribution in [0.5, 0.6) is 0 Å². The molecule has 10 heteroatoms. The lowest BCUT2D eigenvalue weighted by atomic mass is 9.97. The molecule has 5 nitrogen and oxygen atoms in total. The van der Waals surface area contributed by atoms with Crippen molar-refractivity contribution < 1.29 is 30.8 Å². The van der Waals surface area contributed by atoms with Crippen molar-refractivity contribution in [2.24, 2.45) is 5.92 Å². The van der Waals surface area contributed by atoms with Crippen molar-refractivity contribution in [1.29, 1.82) is 0 Å².